The van der Waals surface area contributed by atoms with E-state index in [4.69, 9.17) is 4.74 Å². The topological polar surface area (TPSA) is 88.6 Å². The van der Waals surface area contributed by atoms with E-state index in [9.17, 15) is 14.4 Å². The van der Waals surface area contributed by atoms with E-state index in [1.807, 2.05) is 13.0 Å². The summed E-state index contributed by atoms with van der Waals surface area (Å²) in [6.07, 6.45) is 3.64. The monoisotopic (exact) mass is 395 g/mol. The van der Waals surface area contributed by atoms with Gasteiger partial charge >= 0.3 is 0 Å². The van der Waals surface area contributed by atoms with Crippen LogP contribution in [0.1, 0.15) is 58.0 Å². The third-order valence-electron chi connectivity index (χ3n) is 4.75. The van der Waals surface area contributed by atoms with Crippen LogP contribution >= 0.6 is 0 Å². The molecule has 1 aromatic carbocycles. The van der Waals surface area contributed by atoms with Crippen molar-refractivity contribution in [2.24, 2.45) is 0 Å². The van der Waals surface area contributed by atoms with Crippen LogP contribution < -0.4 is 10.1 Å². The number of rotatable bonds is 9. The van der Waals surface area contributed by atoms with Crippen molar-refractivity contribution in [2.45, 2.75) is 39.7 Å². The number of benzene rings is 1. The first-order valence-electron chi connectivity index (χ1n) is 9.81. The van der Waals surface area contributed by atoms with E-state index >= 15 is 0 Å². The molecular weight excluding hydrogens is 370 g/mol. The number of unbranched alkanes of at least 4 members (excludes halogenated alkanes) is 1. The Morgan fingerprint density at radius 3 is 2.76 bits per heavy atom. The molecule has 0 spiro atoms. The molecule has 152 valence electrons. The Balaban J connectivity index is 1.53. The van der Waals surface area contributed by atoms with Crippen LogP contribution in [-0.2, 0) is 11.3 Å². The molecule has 1 aromatic heterocycles. The number of hydrogen-bond donors (Lipinski definition) is 1. The molecule has 0 radical (unpaired) electrons. The maximum absolute atomic E-state index is 12.5. The van der Waals surface area contributed by atoms with Crippen molar-refractivity contribution >= 4 is 17.7 Å². The van der Waals surface area contributed by atoms with Gasteiger partial charge in [-0.2, -0.15) is 0 Å². The zero-order chi connectivity index (χ0) is 20.8. The highest BCUT2D eigenvalue weighted by atomic mass is 16.5. The van der Waals surface area contributed by atoms with Crippen molar-refractivity contribution in [1.29, 1.82) is 0 Å². The fourth-order valence-corrected chi connectivity index (χ4v) is 3.10. The van der Waals surface area contributed by atoms with Gasteiger partial charge < -0.3 is 10.1 Å². The Hall–Kier alpha value is -3.22. The number of amides is 3. The van der Waals surface area contributed by atoms with E-state index in [1.54, 1.807) is 30.5 Å². The lowest BCUT2D eigenvalue weighted by atomic mass is 10.1. The first-order chi connectivity index (χ1) is 14.0. The lowest BCUT2D eigenvalue weighted by Crippen LogP contribution is -2.34. The zero-order valence-corrected chi connectivity index (χ0v) is 16.7. The molecule has 2 aromatic rings. The molecule has 1 aliphatic heterocycles. The molecular formula is C22H25N3O4. The highest BCUT2D eigenvalue weighted by molar-refractivity contribution is 6.21. The number of ether oxygens (including phenoxy) is 1. The summed E-state index contributed by atoms with van der Waals surface area (Å²) in [5.74, 6) is -0.435. The minimum absolute atomic E-state index is 0.0384. The molecule has 29 heavy (non-hydrogen) atoms. The Labute approximate surface area is 170 Å². The van der Waals surface area contributed by atoms with Gasteiger partial charge in [-0.05, 0) is 31.5 Å². The van der Waals surface area contributed by atoms with Gasteiger partial charge in [-0.3, -0.25) is 19.3 Å². The quantitative estimate of drug-likeness (QED) is 0.521. The lowest BCUT2D eigenvalue weighted by Gasteiger charge is -2.14. The van der Waals surface area contributed by atoms with Crippen molar-refractivity contribution in [3.05, 3.63) is 58.8 Å². The second kappa shape index (κ2) is 9.32. The molecule has 0 fully saturated rings. The average Bonchev–Trinajstić information content (AvgIpc) is 2.95. The normalized spacial score (nSPS) is 12.8. The third-order valence-corrected chi connectivity index (χ3v) is 4.75. The number of imide groups is 1. The Morgan fingerprint density at radius 1 is 1.17 bits per heavy atom. The first kappa shape index (κ1) is 20.5. The van der Waals surface area contributed by atoms with Crippen LogP contribution in [0.3, 0.4) is 0 Å². The number of nitrogens with zero attached hydrogens (tertiary/aromatic N) is 2. The standard InChI is InChI=1S/C22H25N3O4/c1-3-4-12-29-20-16(6-5-10-23-20)14-24-19(26)9-11-25-21(27)17-8-7-15(2)13-18(17)22(25)28/h5-8,10,13H,3-4,9,11-12,14H2,1-2H3,(H,24,26). The van der Waals surface area contributed by atoms with Crippen molar-refractivity contribution in [3.63, 3.8) is 0 Å². The maximum Gasteiger partial charge on any atom is 0.261 e. The molecule has 3 rings (SSSR count). The van der Waals surface area contributed by atoms with Crippen molar-refractivity contribution in [1.82, 2.24) is 15.2 Å². The predicted octanol–water partition coefficient (Wildman–Crippen LogP) is 2.87. The van der Waals surface area contributed by atoms with E-state index in [1.165, 1.54) is 0 Å². The average molecular weight is 395 g/mol. The summed E-state index contributed by atoms with van der Waals surface area (Å²) in [5, 5.41) is 2.81. The first-order valence-corrected chi connectivity index (χ1v) is 9.81. The Bertz CT molecular complexity index is 926. The van der Waals surface area contributed by atoms with Gasteiger partial charge in [0, 0.05) is 31.3 Å². The second-order valence-corrected chi connectivity index (χ2v) is 7.01. The van der Waals surface area contributed by atoms with Crippen LogP contribution in [0.15, 0.2) is 36.5 Å². The van der Waals surface area contributed by atoms with Crippen LogP contribution in [0.5, 0.6) is 5.88 Å². The van der Waals surface area contributed by atoms with Gasteiger partial charge in [-0.1, -0.05) is 31.0 Å². The van der Waals surface area contributed by atoms with Crippen LogP contribution in [0.4, 0.5) is 0 Å². The van der Waals surface area contributed by atoms with Crippen molar-refractivity contribution in [3.8, 4) is 5.88 Å². The number of aryl methyl sites for hydroxylation is 1. The maximum atomic E-state index is 12.5. The molecule has 7 nitrogen and oxygen atoms in total. The molecule has 0 aliphatic carbocycles. The number of carbonyl (C=O) groups excluding carboxylic acids is 3. The molecule has 0 bridgehead atoms. The number of fused-ring (bicyclic) bond motifs is 1. The molecule has 7 heteroatoms. The SMILES string of the molecule is CCCCOc1ncccc1CNC(=O)CCN1C(=O)c2ccc(C)cc2C1=O. The largest absolute Gasteiger partial charge is 0.477 e. The van der Waals surface area contributed by atoms with E-state index < -0.39 is 0 Å². The fourth-order valence-electron chi connectivity index (χ4n) is 3.10. The molecule has 0 atom stereocenters. The molecule has 2 heterocycles. The number of aromatic nitrogens is 1. The van der Waals surface area contributed by atoms with Crippen LogP contribution in [-0.4, -0.2) is 40.8 Å². The minimum atomic E-state index is -0.350. The molecule has 1 aliphatic rings. The van der Waals surface area contributed by atoms with Crippen LogP contribution in [0.2, 0.25) is 0 Å². The third kappa shape index (κ3) is 4.80. The smallest absolute Gasteiger partial charge is 0.261 e. The van der Waals surface area contributed by atoms with Crippen LogP contribution in [0, 0.1) is 6.92 Å². The van der Waals surface area contributed by atoms with E-state index in [0.29, 0.717) is 23.6 Å². The Kier molecular flexibility index (Phi) is 6.59. The van der Waals surface area contributed by atoms with Crippen molar-refractivity contribution < 1.29 is 19.1 Å². The van der Waals surface area contributed by atoms with E-state index in [-0.39, 0.29) is 37.2 Å². The van der Waals surface area contributed by atoms with Gasteiger partial charge in [0.15, 0.2) is 0 Å². The molecule has 3 amide bonds. The summed E-state index contributed by atoms with van der Waals surface area (Å²) in [6, 6.07) is 8.80. The summed E-state index contributed by atoms with van der Waals surface area (Å²) < 4.78 is 5.66. The van der Waals surface area contributed by atoms with Crippen LogP contribution in [0.25, 0.3) is 0 Å². The van der Waals surface area contributed by atoms with E-state index in [2.05, 4.69) is 17.2 Å². The van der Waals surface area contributed by atoms with Gasteiger partial charge in [0.05, 0.1) is 17.7 Å². The number of nitrogens with one attached hydrogen (secondary N) is 1. The van der Waals surface area contributed by atoms with Gasteiger partial charge in [0.25, 0.3) is 11.8 Å². The predicted molar refractivity (Wildman–Crippen MR) is 108 cm³/mol. The summed E-state index contributed by atoms with van der Waals surface area (Å²) in [6.45, 7) is 4.85. The van der Waals surface area contributed by atoms with E-state index in [0.717, 1.165) is 28.9 Å². The lowest BCUT2D eigenvalue weighted by molar-refractivity contribution is -0.121. The highest BCUT2D eigenvalue weighted by Crippen LogP contribution is 2.24. The molecule has 0 unspecified atom stereocenters. The molecule has 0 saturated heterocycles. The van der Waals surface area contributed by atoms with Gasteiger partial charge in [-0.15, -0.1) is 0 Å². The summed E-state index contributed by atoms with van der Waals surface area (Å²) in [7, 11) is 0. The highest BCUT2D eigenvalue weighted by Gasteiger charge is 2.35. The minimum Gasteiger partial charge on any atom is -0.477 e. The second-order valence-electron chi connectivity index (χ2n) is 7.01. The summed E-state index contributed by atoms with van der Waals surface area (Å²) in [5.41, 5.74) is 2.50. The number of hydrogen-bond acceptors (Lipinski definition) is 5. The zero-order valence-electron chi connectivity index (χ0n) is 16.7. The molecule has 0 saturated carbocycles. The van der Waals surface area contributed by atoms with Crippen molar-refractivity contribution in [2.75, 3.05) is 13.2 Å². The fraction of sp³-hybridized carbons (Fsp3) is 0.364. The summed E-state index contributed by atoms with van der Waals surface area (Å²) >= 11 is 0. The van der Waals surface area contributed by atoms with Gasteiger partial charge in [0.2, 0.25) is 11.8 Å². The summed E-state index contributed by atoms with van der Waals surface area (Å²) in [4.78, 5) is 42.5. The van der Waals surface area contributed by atoms with Gasteiger partial charge in [-0.25, -0.2) is 4.98 Å². The molecule has 1 N–H and O–H groups in total. The van der Waals surface area contributed by atoms with Gasteiger partial charge in [0.1, 0.15) is 0 Å². The Morgan fingerprint density at radius 2 is 1.97 bits per heavy atom. The number of pyridine rings is 1. The number of carbonyl (C=O) groups is 3.